The number of ether oxygens (including phenoxy) is 1. The molecule has 5 heteroatoms. The van der Waals surface area contributed by atoms with Gasteiger partial charge in [0.15, 0.2) is 0 Å². The van der Waals surface area contributed by atoms with E-state index in [2.05, 4.69) is 28.9 Å². The minimum absolute atomic E-state index is 0.567. The molecule has 2 rings (SSSR count). The van der Waals surface area contributed by atoms with Crippen molar-refractivity contribution in [1.82, 2.24) is 15.1 Å². The molecule has 1 aliphatic heterocycles. The van der Waals surface area contributed by atoms with Crippen molar-refractivity contribution < 1.29 is 4.74 Å². The molecule has 0 radical (unpaired) electrons. The first-order chi connectivity index (χ1) is 8.24. The molecule has 0 atom stereocenters. The van der Waals surface area contributed by atoms with Crippen LogP contribution in [0.3, 0.4) is 0 Å². The van der Waals surface area contributed by atoms with Gasteiger partial charge in [-0.25, -0.2) is 0 Å². The Kier molecular flexibility index (Phi) is 6.84. The summed E-state index contributed by atoms with van der Waals surface area (Å²) in [6, 6.07) is 1.99. The van der Waals surface area contributed by atoms with E-state index in [0.717, 1.165) is 39.4 Å². The Labute approximate surface area is 103 Å². The third kappa shape index (κ3) is 5.81. The second-order valence-corrected chi connectivity index (χ2v) is 4.41. The second-order valence-electron chi connectivity index (χ2n) is 4.41. The quantitative estimate of drug-likeness (QED) is 0.820. The molecule has 0 bridgehead atoms. The molecule has 98 valence electrons. The van der Waals surface area contributed by atoms with Gasteiger partial charge in [-0.2, -0.15) is 5.10 Å². The number of H-pyrrole nitrogens is 1. The Bertz CT molecular complexity index is 265. The summed E-state index contributed by atoms with van der Waals surface area (Å²) >= 11 is 0. The molecule has 1 fully saturated rings. The lowest BCUT2D eigenvalue weighted by molar-refractivity contribution is 0.0394. The Hall–Kier alpha value is -0.910. The third-order valence-corrected chi connectivity index (χ3v) is 2.69. The van der Waals surface area contributed by atoms with Crippen molar-refractivity contribution in [1.29, 1.82) is 0 Å². The average Bonchev–Trinajstić information content (AvgIpc) is 2.85. The van der Waals surface area contributed by atoms with Crippen LogP contribution in [0.25, 0.3) is 0 Å². The fourth-order valence-corrected chi connectivity index (χ4v) is 1.60. The SMILES string of the molecule is CC(C)c1ccn[nH]1.NCCN1CCOCC1. The number of morpholine rings is 1. The number of aromatic amines is 1. The summed E-state index contributed by atoms with van der Waals surface area (Å²) in [5.41, 5.74) is 6.58. The number of nitrogens with one attached hydrogen (secondary N) is 1. The molecule has 0 amide bonds. The highest BCUT2D eigenvalue weighted by Gasteiger charge is 2.07. The first-order valence-corrected chi connectivity index (χ1v) is 6.23. The maximum absolute atomic E-state index is 5.38. The molecular weight excluding hydrogens is 216 g/mol. The van der Waals surface area contributed by atoms with E-state index in [0.29, 0.717) is 5.92 Å². The highest BCUT2D eigenvalue weighted by atomic mass is 16.5. The van der Waals surface area contributed by atoms with Gasteiger partial charge in [-0.05, 0) is 12.0 Å². The Morgan fingerprint density at radius 2 is 2.18 bits per heavy atom. The van der Waals surface area contributed by atoms with Gasteiger partial charge in [-0.15, -0.1) is 0 Å². The van der Waals surface area contributed by atoms with Gasteiger partial charge in [0.1, 0.15) is 0 Å². The van der Waals surface area contributed by atoms with Gasteiger partial charge in [0, 0.05) is 38.1 Å². The van der Waals surface area contributed by atoms with Gasteiger partial charge in [0.25, 0.3) is 0 Å². The summed E-state index contributed by atoms with van der Waals surface area (Å²) in [4.78, 5) is 2.32. The summed E-state index contributed by atoms with van der Waals surface area (Å²) in [5, 5.41) is 6.70. The van der Waals surface area contributed by atoms with E-state index in [-0.39, 0.29) is 0 Å². The van der Waals surface area contributed by atoms with Crippen molar-refractivity contribution in [3.63, 3.8) is 0 Å². The smallest absolute Gasteiger partial charge is 0.0594 e. The Morgan fingerprint density at radius 3 is 2.59 bits per heavy atom. The molecule has 0 unspecified atom stereocenters. The molecular formula is C12H24N4O. The first-order valence-electron chi connectivity index (χ1n) is 6.23. The summed E-state index contributed by atoms with van der Waals surface area (Å²) < 4.78 is 5.16. The summed E-state index contributed by atoms with van der Waals surface area (Å²) in [5.74, 6) is 0.567. The molecule has 5 nitrogen and oxygen atoms in total. The van der Waals surface area contributed by atoms with Crippen molar-refractivity contribution in [2.24, 2.45) is 5.73 Å². The van der Waals surface area contributed by atoms with Crippen LogP contribution in [0.15, 0.2) is 12.3 Å². The molecule has 1 aromatic heterocycles. The molecule has 0 aliphatic carbocycles. The van der Waals surface area contributed by atoms with Crippen molar-refractivity contribution in [2.75, 3.05) is 39.4 Å². The van der Waals surface area contributed by atoms with Gasteiger partial charge in [-0.1, -0.05) is 13.8 Å². The predicted molar refractivity (Wildman–Crippen MR) is 69.0 cm³/mol. The van der Waals surface area contributed by atoms with Crippen LogP contribution >= 0.6 is 0 Å². The van der Waals surface area contributed by atoms with Crippen LogP contribution in [0, 0.1) is 0 Å². The molecule has 0 aromatic carbocycles. The first kappa shape index (κ1) is 14.2. The zero-order chi connectivity index (χ0) is 12.5. The zero-order valence-electron chi connectivity index (χ0n) is 10.9. The molecule has 0 saturated carbocycles. The third-order valence-electron chi connectivity index (χ3n) is 2.69. The van der Waals surface area contributed by atoms with E-state index >= 15 is 0 Å². The van der Waals surface area contributed by atoms with E-state index in [1.54, 1.807) is 6.20 Å². The van der Waals surface area contributed by atoms with Crippen molar-refractivity contribution in [3.8, 4) is 0 Å². The van der Waals surface area contributed by atoms with E-state index in [1.807, 2.05) is 6.07 Å². The summed E-state index contributed by atoms with van der Waals surface area (Å²) in [7, 11) is 0. The largest absolute Gasteiger partial charge is 0.379 e. The lowest BCUT2D eigenvalue weighted by Gasteiger charge is -2.25. The number of hydrogen-bond donors (Lipinski definition) is 2. The van der Waals surface area contributed by atoms with Crippen LogP contribution in [0.4, 0.5) is 0 Å². The standard InChI is InChI=1S/C6H14N2O.C6H10N2/c7-1-2-8-3-5-9-6-4-8;1-5(2)6-3-4-7-8-6/h1-7H2;3-5H,1-2H3,(H,7,8). The monoisotopic (exact) mass is 240 g/mol. The van der Waals surface area contributed by atoms with Crippen LogP contribution < -0.4 is 5.73 Å². The molecule has 1 aliphatic rings. The molecule has 3 N–H and O–H groups in total. The van der Waals surface area contributed by atoms with Crippen molar-refractivity contribution in [3.05, 3.63) is 18.0 Å². The van der Waals surface area contributed by atoms with E-state index in [1.165, 1.54) is 5.69 Å². The lowest BCUT2D eigenvalue weighted by Crippen LogP contribution is -2.39. The van der Waals surface area contributed by atoms with E-state index in [4.69, 9.17) is 10.5 Å². The van der Waals surface area contributed by atoms with Gasteiger partial charge in [0.05, 0.1) is 13.2 Å². The summed E-state index contributed by atoms with van der Waals surface area (Å²) in [6.45, 7) is 9.90. The highest BCUT2D eigenvalue weighted by molar-refractivity contribution is 5.01. The van der Waals surface area contributed by atoms with E-state index in [9.17, 15) is 0 Å². The van der Waals surface area contributed by atoms with Crippen LogP contribution in [0.2, 0.25) is 0 Å². The van der Waals surface area contributed by atoms with Gasteiger partial charge >= 0.3 is 0 Å². The van der Waals surface area contributed by atoms with E-state index < -0.39 is 0 Å². The lowest BCUT2D eigenvalue weighted by atomic mass is 10.1. The molecule has 0 spiro atoms. The number of aromatic nitrogens is 2. The minimum Gasteiger partial charge on any atom is -0.379 e. The normalized spacial score (nSPS) is 16.7. The number of hydrogen-bond acceptors (Lipinski definition) is 4. The maximum Gasteiger partial charge on any atom is 0.0594 e. The topological polar surface area (TPSA) is 67.2 Å². The second kappa shape index (κ2) is 8.22. The molecule has 2 heterocycles. The Balaban J connectivity index is 0.000000171. The molecule has 17 heavy (non-hydrogen) atoms. The number of nitrogens with two attached hydrogens (primary N) is 1. The van der Waals surface area contributed by atoms with Crippen molar-refractivity contribution in [2.45, 2.75) is 19.8 Å². The average molecular weight is 240 g/mol. The summed E-state index contributed by atoms with van der Waals surface area (Å²) in [6.07, 6.45) is 1.77. The van der Waals surface area contributed by atoms with Gasteiger partial charge < -0.3 is 10.5 Å². The number of rotatable bonds is 3. The molecule has 1 saturated heterocycles. The minimum atomic E-state index is 0.567. The number of nitrogens with zero attached hydrogens (tertiary/aromatic N) is 2. The van der Waals surface area contributed by atoms with Crippen molar-refractivity contribution >= 4 is 0 Å². The zero-order valence-corrected chi connectivity index (χ0v) is 10.9. The molecule has 1 aromatic rings. The van der Waals surface area contributed by atoms with Crippen LogP contribution in [0.1, 0.15) is 25.5 Å². The fourth-order valence-electron chi connectivity index (χ4n) is 1.60. The Morgan fingerprint density at radius 1 is 1.47 bits per heavy atom. The predicted octanol–water partition coefficient (Wildman–Crippen LogP) is 0.810. The van der Waals surface area contributed by atoms with Crippen LogP contribution in [0.5, 0.6) is 0 Å². The van der Waals surface area contributed by atoms with Gasteiger partial charge in [0.2, 0.25) is 0 Å². The van der Waals surface area contributed by atoms with Crippen LogP contribution in [-0.4, -0.2) is 54.5 Å². The fraction of sp³-hybridized carbons (Fsp3) is 0.750. The van der Waals surface area contributed by atoms with Gasteiger partial charge in [-0.3, -0.25) is 10.00 Å². The highest BCUT2D eigenvalue weighted by Crippen LogP contribution is 2.07. The maximum atomic E-state index is 5.38. The van der Waals surface area contributed by atoms with Crippen LogP contribution in [-0.2, 0) is 4.74 Å².